The number of carbonyl (C=O) groups excluding carboxylic acids is 1. The van der Waals surface area contributed by atoms with Crippen LogP contribution in [0.15, 0.2) is 11.6 Å². The number of aliphatic hydroxyl groups is 2. The van der Waals surface area contributed by atoms with Crippen LogP contribution in [0, 0.1) is 0 Å². The van der Waals surface area contributed by atoms with Gasteiger partial charge in [-0.15, -0.1) is 0 Å². The van der Waals surface area contributed by atoms with Gasteiger partial charge in [-0.2, -0.15) is 0 Å². The van der Waals surface area contributed by atoms with E-state index in [-0.39, 0.29) is 36.5 Å². The van der Waals surface area contributed by atoms with E-state index >= 15 is 0 Å². The van der Waals surface area contributed by atoms with Gasteiger partial charge in [0.25, 0.3) is 0 Å². The Kier molecular flexibility index (Phi) is 16.9. The molecule has 6 nitrogen and oxygen atoms in total. The zero-order valence-corrected chi connectivity index (χ0v) is 26.4. The van der Waals surface area contributed by atoms with E-state index in [2.05, 4.69) is 6.92 Å². The van der Waals surface area contributed by atoms with Gasteiger partial charge in [-0.3, -0.25) is 0 Å². The molecule has 41 heavy (non-hydrogen) atoms. The number of rotatable bonds is 23. The molecule has 238 valence electrons. The van der Waals surface area contributed by atoms with Crippen molar-refractivity contribution >= 4 is 5.97 Å². The molecule has 2 saturated heterocycles. The largest absolute Gasteiger partial charge is 0.455 e. The number of hydrogen-bond donors (Lipinski definition) is 2. The molecule has 0 saturated carbocycles. The van der Waals surface area contributed by atoms with Gasteiger partial charge in [0.1, 0.15) is 6.10 Å². The first kappa shape index (κ1) is 34.5. The molecule has 0 amide bonds. The first-order valence-electron chi connectivity index (χ1n) is 17.5. The van der Waals surface area contributed by atoms with Crippen molar-refractivity contribution in [3.05, 3.63) is 11.6 Å². The second-order valence-corrected chi connectivity index (χ2v) is 13.2. The second-order valence-electron chi connectivity index (χ2n) is 13.2. The van der Waals surface area contributed by atoms with Crippen LogP contribution in [0.2, 0.25) is 0 Å². The van der Waals surface area contributed by atoms with Crippen molar-refractivity contribution in [2.24, 2.45) is 0 Å². The molecule has 0 unspecified atom stereocenters. The Hall–Kier alpha value is -0.950. The van der Waals surface area contributed by atoms with E-state index < -0.39 is 6.10 Å². The van der Waals surface area contributed by atoms with Crippen molar-refractivity contribution in [3.8, 4) is 0 Å². The van der Waals surface area contributed by atoms with Crippen LogP contribution >= 0.6 is 0 Å². The van der Waals surface area contributed by atoms with Crippen LogP contribution in [-0.2, 0) is 19.0 Å². The Balaban J connectivity index is 1.11. The molecule has 6 heteroatoms. The van der Waals surface area contributed by atoms with E-state index in [1.54, 1.807) is 0 Å². The SMILES string of the molecule is CCCCCCCCC[C@H](O)[C@@H]1CC[C@@H]([C@@H]2CC[C@@H](CCCCCCCCCC[C@H](O)CC3=C[C@H](C)OC3=O)O2)O1. The Morgan fingerprint density at radius 1 is 0.756 bits per heavy atom. The van der Waals surface area contributed by atoms with Crippen molar-refractivity contribution in [2.75, 3.05) is 0 Å². The summed E-state index contributed by atoms with van der Waals surface area (Å²) in [6.45, 7) is 4.10. The molecular formula is C35H62O6. The summed E-state index contributed by atoms with van der Waals surface area (Å²) in [5.74, 6) is -0.267. The average molecular weight is 579 g/mol. The van der Waals surface area contributed by atoms with E-state index in [9.17, 15) is 15.0 Å². The molecular weight excluding hydrogens is 516 g/mol. The number of unbranched alkanes of at least 4 members (excludes halogenated alkanes) is 13. The van der Waals surface area contributed by atoms with Crippen LogP contribution in [0.25, 0.3) is 0 Å². The average Bonchev–Trinajstić information content (AvgIpc) is 3.69. The van der Waals surface area contributed by atoms with Gasteiger partial charge in [-0.1, -0.05) is 103 Å². The maximum Gasteiger partial charge on any atom is 0.334 e. The van der Waals surface area contributed by atoms with Gasteiger partial charge in [0.15, 0.2) is 0 Å². The molecule has 0 aromatic carbocycles. The van der Waals surface area contributed by atoms with Crippen LogP contribution in [0.4, 0.5) is 0 Å². The minimum Gasteiger partial charge on any atom is -0.455 e. The molecule has 0 bridgehead atoms. The van der Waals surface area contributed by atoms with Crippen LogP contribution in [0.3, 0.4) is 0 Å². The highest BCUT2D eigenvalue weighted by molar-refractivity contribution is 5.90. The summed E-state index contributed by atoms with van der Waals surface area (Å²) in [5, 5.41) is 20.8. The van der Waals surface area contributed by atoms with Gasteiger partial charge in [-0.25, -0.2) is 4.79 Å². The summed E-state index contributed by atoms with van der Waals surface area (Å²) in [6.07, 6.45) is 27.9. The number of esters is 1. The Morgan fingerprint density at radius 3 is 2.00 bits per heavy atom. The Labute approximate surface area is 251 Å². The summed E-state index contributed by atoms with van der Waals surface area (Å²) < 4.78 is 17.8. The van der Waals surface area contributed by atoms with Crippen LogP contribution in [-0.4, -0.2) is 58.9 Å². The molecule has 2 fully saturated rings. The van der Waals surface area contributed by atoms with Crippen molar-refractivity contribution < 1.29 is 29.2 Å². The minimum atomic E-state index is -0.440. The third kappa shape index (κ3) is 13.5. The molecule has 0 aromatic heterocycles. The lowest BCUT2D eigenvalue weighted by Gasteiger charge is -2.23. The van der Waals surface area contributed by atoms with Gasteiger partial charge in [0.05, 0.1) is 36.6 Å². The van der Waals surface area contributed by atoms with Gasteiger partial charge in [0, 0.05) is 12.0 Å². The first-order valence-corrected chi connectivity index (χ1v) is 17.5. The predicted octanol–water partition coefficient (Wildman–Crippen LogP) is 8.11. The van der Waals surface area contributed by atoms with Gasteiger partial charge in [0.2, 0.25) is 0 Å². The molecule has 0 spiro atoms. The monoisotopic (exact) mass is 578 g/mol. The molecule has 3 rings (SSSR count). The van der Waals surface area contributed by atoms with E-state index in [1.165, 1.54) is 77.0 Å². The fourth-order valence-corrected chi connectivity index (χ4v) is 6.91. The summed E-state index contributed by atoms with van der Waals surface area (Å²) in [4.78, 5) is 11.7. The van der Waals surface area contributed by atoms with E-state index in [4.69, 9.17) is 14.2 Å². The molecule has 3 aliphatic rings. The van der Waals surface area contributed by atoms with Crippen LogP contribution < -0.4 is 0 Å². The topological polar surface area (TPSA) is 85.2 Å². The fraction of sp³-hybridized carbons (Fsp3) is 0.914. The highest BCUT2D eigenvalue weighted by Crippen LogP contribution is 2.34. The minimum absolute atomic E-state index is 0.00656. The first-order chi connectivity index (χ1) is 20.0. The van der Waals surface area contributed by atoms with E-state index in [0.29, 0.717) is 18.1 Å². The van der Waals surface area contributed by atoms with Crippen molar-refractivity contribution in [2.45, 2.75) is 204 Å². The van der Waals surface area contributed by atoms with E-state index in [1.807, 2.05) is 13.0 Å². The highest BCUT2D eigenvalue weighted by Gasteiger charge is 2.39. The highest BCUT2D eigenvalue weighted by atomic mass is 16.6. The van der Waals surface area contributed by atoms with Gasteiger partial charge >= 0.3 is 5.97 Å². The predicted molar refractivity (Wildman–Crippen MR) is 165 cm³/mol. The van der Waals surface area contributed by atoms with E-state index in [0.717, 1.165) is 64.2 Å². The maximum atomic E-state index is 11.7. The third-order valence-electron chi connectivity index (χ3n) is 9.43. The standard InChI is InChI=1S/C35H62O6/c1-3-4-5-6-9-14-17-20-31(37)32-23-24-34(41-32)33-22-21-30(40-33)19-16-13-11-8-7-10-12-15-18-29(36)26-28-25-27(2)39-35(28)38/h25,27,29-34,36-37H,3-24,26H2,1-2H3/t27-,29-,30+,31-,32-,33-,34-/m0/s1. The summed E-state index contributed by atoms with van der Waals surface area (Å²) in [6, 6.07) is 0. The van der Waals surface area contributed by atoms with Crippen molar-refractivity contribution in [1.29, 1.82) is 0 Å². The number of hydrogen-bond acceptors (Lipinski definition) is 6. The molecule has 0 aliphatic carbocycles. The number of aliphatic hydroxyl groups excluding tert-OH is 2. The maximum absolute atomic E-state index is 11.7. The lowest BCUT2D eigenvalue weighted by Crippen LogP contribution is -2.31. The number of carbonyl (C=O) groups is 1. The normalized spacial score (nSPS) is 27.8. The van der Waals surface area contributed by atoms with Gasteiger partial charge < -0.3 is 24.4 Å². The molecule has 3 aliphatic heterocycles. The zero-order chi connectivity index (χ0) is 29.3. The number of ether oxygens (including phenoxy) is 3. The molecule has 2 N–H and O–H groups in total. The van der Waals surface area contributed by atoms with Gasteiger partial charge in [-0.05, 0) is 57.9 Å². The summed E-state index contributed by atoms with van der Waals surface area (Å²) >= 11 is 0. The molecule has 7 atom stereocenters. The smallest absolute Gasteiger partial charge is 0.334 e. The van der Waals surface area contributed by atoms with Crippen molar-refractivity contribution in [1.82, 2.24) is 0 Å². The summed E-state index contributed by atoms with van der Waals surface area (Å²) in [7, 11) is 0. The van der Waals surface area contributed by atoms with Crippen LogP contribution in [0.5, 0.6) is 0 Å². The zero-order valence-electron chi connectivity index (χ0n) is 26.4. The lowest BCUT2D eigenvalue weighted by molar-refractivity contribution is -0.139. The fourth-order valence-electron chi connectivity index (χ4n) is 6.91. The lowest BCUT2D eigenvalue weighted by atomic mass is 10.0. The molecule has 0 radical (unpaired) electrons. The third-order valence-corrected chi connectivity index (χ3v) is 9.43. The van der Waals surface area contributed by atoms with Crippen molar-refractivity contribution in [3.63, 3.8) is 0 Å². The Morgan fingerprint density at radius 2 is 1.34 bits per heavy atom. The van der Waals surface area contributed by atoms with Crippen LogP contribution in [0.1, 0.15) is 162 Å². The molecule has 3 heterocycles. The summed E-state index contributed by atoms with van der Waals surface area (Å²) in [5.41, 5.74) is 0.633. The Bertz CT molecular complexity index is 738. The molecule has 0 aromatic rings. The number of cyclic esters (lactones) is 1. The second kappa shape index (κ2) is 20.1. The quantitative estimate of drug-likeness (QED) is 0.0941.